The van der Waals surface area contributed by atoms with E-state index < -0.39 is 0 Å². The standard InChI is InChI=1S/C14H19BrN2O/c1-2-9-17-13(18)8-7-12(16)14(17)10-5-3-4-6-11(10)15/h3-6,12,14H,2,7-9,16H2,1H3. The molecular formula is C14H19BrN2O. The normalized spacial score (nSPS) is 24.4. The number of likely N-dealkylation sites (tertiary alicyclic amines) is 1. The maximum atomic E-state index is 12.1. The second kappa shape index (κ2) is 5.85. The molecule has 0 saturated carbocycles. The first kappa shape index (κ1) is 13.6. The zero-order valence-corrected chi connectivity index (χ0v) is 12.2. The third-order valence-corrected chi connectivity index (χ3v) is 4.16. The first-order chi connectivity index (χ1) is 8.65. The quantitative estimate of drug-likeness (QED) is 0.933. The summed E-state index contributed by atoms with van der Waals surface area (Å²) in [4.78, 5) is 14.0. The van der Waals surface area contributed by atoms with Crippen LogP contribution in [0.4, 0.5) is 0 Å². The lowest BCUT2D eigenvalue weighted by Gasteiger charge is -2.40. The molecule has 4 heteroatoms. The van der Waals surface area contributed by atoms with Crippen molar-refractivity contribution < 1.29 is 4.79 Å². The van der Waals surface area contributed by atoms with Gasteiger partial charge in [-0.15, -0.1) is 0 Å². The van der Waals surface area contributed by atoms with E-state index in [4.69, 9.17) is 5.73 Å². The molecule has 2 unspecified atom stereocenters. The summed E-state index contributed by atoms with van der Waals surface area (Å²) in [6, 6.07) is 8.06. The molecule has 1 saturated heterocycles. The summed E-state index contributed by atoms with van der Waals surface area (Å²) >= 11 is 3.56. The molecule has 2 atom stereocenters. The Hall–Kier alpha value is -0.870. The molecule has 1 aromatic rings. The molecule has 0 radical (unpaired) electrons. The van der Waals surface area contributed by atoms with Crippen molar-refractivity contribution in [1.82, 2.24) is 4.90 Å². The van der Waals surface area contributed by atoms with Crippen LogP contribution in [0, 0.1) is 0 Å². The smallest absolute Gasteiger partial charge is 0.223 e. The fraction of sp³-hybridized carbons (Fsp3) is 0.500. The minimum Gasteiger partial charge on any atom is -0.334 e. The van der Waals surface area contributed by atoms with Crippen LogP contribution in [0.3, 0.4) is 0 Å². The van der Waals surface area contributed by atoms with Gasteiger partial charge in [-0.3, -0.25) is 4.79 Å². The molecule has 0 spiro atoms. The van der Waals surface area contributed by atoms with Gasteiger partial charge in [0.15, 0.2) is 0 Å². The van der Waals surface area contributed by atoms with Crippen LogP contribution in [0.5, 0.6) is 0 Å². The molecule has 18 heavy (non-hydrogen) atoms. The first-order valence-electron chi connectivity index (χ1n) is 6.44. The largest absolute Gasteiger partial charge is 0.334 e. The number of rotatable bonds is 3. The Morgan fingerprint density at radius 1 is 1.44 bits per heavy atom. The number of nitrogens with zero attached hydrogens (tertiary/aromatic N) is 1. The van der Waals surface area contributed by atoms with Gasteiger partial charge in [-0.25, -0.2) is 0 Å². The third-order valence-electron chi connectivity index (χ3n) is 3.44. The molecule has 2 rings (SSSR count). The maximum absolute atomic E-state index is 12.1. The zero-order valence-electron chi connectivity index (χ0n) is 10.6. The summed E-state index contributed by atoms with van der Waals surface area (Å²) < 4.78 is 1.03. The highest BCUT2D eigenvalue weighted by molar-refractivity contribution is 9.10. The number of carbonyl (C=O) groups excluding carboxylic acids is 1. The average molecular weight is 311 g/mol. The molecular weight excluding hydrogens is 292 g/mol. The van der Waals surface area contributed by atoms with Gasteiger partial charge in [0, 0.05) is 23.5 Å². The van der Waals surface area contributed by atoms with Crippen molar-refractivity contribution in [2.45, 2.75) is 38.3 Å². The highest BCUT2D eigenvalue weighted by Gasteiger charge is 2.35. The van der Waals surface area contributed by atoms with E-state index >= 15 is 0 Å². The van der Waals surface area contributed by atoms with Crippen LogP contribution in [0.25, 0.3) is 0 Å². The van der Waals surface area contributed by atoms with Crippen molar-refractivity contribution in [2.75, 3.05) is 6.54 Å². The topological polar surface area (TPSA) is 46.3 Å². The number of hydrogen-bond donors (Lipinski definition) is 1. The summed E-state index contributed by atoms with van der Waals surface area (Å²) in [7, 11) is 0. The van der Waals surface area contributed by atoms with Gasteiger partial charge in [0.05, 0.1) is 6.04 Å². The molecule has 3 nitrogen and oxygen atoms in total. The number of amides is 1. The SMILES string of the molecule is CCCN1C(=O)CCC(N)C1c1ccccc1Br. The van der Waals surface area contributed by atoms with Crippen LogP contribution in [0.2, 0.25) is 0 Å². The molecule has 0 bridgehead atoms. The van der Waals surface area contributed by atoms with Gasteiger partial charge in [0.2, 0.25) is 5.91 Å². The molecule has 1 heterocycles. The summed E-state index contributed by atoms with van der Waals surface area (Å²) in [5.41, 5.74) is 7.37. The van der Waals surface area contributed by atoms with Crippen molar-refractivity contribution in [3.8, 4) is 0 Å². The molecule has 1 aromatic carbocycles. The van der Waals surface area contributed by atoms with Crippen LogP contribution < -0.4 is 5.73 Å². The monoisotopic (exact) mass is 310 g/mol. The van der Waals surface area contributed by atoms with Gasteiger partial charge in [-0.2, -0.15) is 0 Å². The van der Waals surface area contributed by atoms with Crippen molar-refractivity contribution in [3.63, 3.8) is 0 Å². The number of halogens is 1. The summed E-state index contributed by atoms with van der Waals surface area (Å²) in [5.74, 6) is 0.222. The Kier molecular flexibility index (Phi) is 4.40. The fourth-order valence-corrected chi connectivity index (χ4v) is 3.12. The van der Waals surface area contributed by atoms with Crippen molar-refractivity contribution in [1.29, 1.82) is 0 Å². The second-order valence-corrected chi connectivity index (χ2v) is 5.61. The van der Waals surface area contributed by atoms with Gasteiger partial charge >= 0.3 is 0 Å². The van der Waals surface area contributed by atoms with Gasteiger partial charge in [0.25, 0.3) is 0 Å². The van der Waals surface area contributed by atoms with Crippen LogP contribution in [0.1, 0.15) is 37.8 Å². The van der Waals surface area contributed by atoms with E-state index in [-0.39, 0.29) is 18.0 Å². The summed E-state index contributed by atoms with van der Waals surface area (Å²) in [6.07, 6.45) is 2.30. The lowest BCUT2D eigenvalue weighted by Crippen LogP contribution is -2.49. The van der Waals surface area contributed by atoms with Crippen molar-refractivity contribution in [3.05, 3.63) is 34.3 Å². The highest BCUT2D eigenvalue weighted by atomic mass is 79.9. The molecule has 1 amide bonds. The minimum atomic E-state index is 0.00164. The van der Waals surface area contributed by atoms with Crippen LogP contribution in [-0.4, -0.2) is 23.4 Å². The summed E-state index contributed by atoms with van der Waals surface area (Å²) in [5, 5.41) is 0. The summed E-state index contributed by atoms with van der Waals surface area (Å²) in [6.45, 7) is 2.86. The van der Waals surface area contributed by atoms with E-state index in [0.29, 0.717) is 6.42 Å². The molecule has 0 aliphatic carbocycles. The Morgan fingerprint density at radius 2 is 2.17 bits per heavy atom. The van der Waals surface area contributed by atoms with E-state index in [0.717, 1.165) is 29.4 Å². The van der Waals surface area contributed by atoms with E-state index in [1.165, 1.54) is 0 Å². The van der Waals surface area contributed by atoms with Gasteiger partial charge < -0.3 is 10.6 Å². The average Bonchev–Trinajstić information content (AvgIpc) is 2.36. The first-order valence-corrected chi connectivity index (χ1v) is 7.24. The maximum Gasteiger partial charge on any atom is 0.223 e. The Bertz CT molecular complexity index is 436. The van der Waals surface area contributed by atoms with E-state index in [1.807, 2.05) is 23.1 Å². The fourth-order valence-electron chi connectivity index (χ4n) is 2.60. The molecule has 2 N–H and O–H groups in total. The van der Waals surface area contributed by atoms with E-state index in [9.17, 15) is 4.79 Å². The van der Waals surface area contributed by atoms with E-state index in [2.05, 4.69) is 28.9 Å². The number of piperidine rings is 1. The van der Waals surface area contributed by atoms with Crippen LogP contribution >= 0.6 is 15.9 Å². The Morgan fingerprint density at radius 3 is 2.83 bits per heavy atom. The molecule has 98 valence electrons. The van der Waals surface area contributed by atoms with Crippen LogP contribution in [0.15, 0.2) is 28.7 Å². The van der Waals surface area contributed by atoms with Crippen LogP contribution in [-0.2, 0) is 4.79 Å². The second-order valence-electron chi connectivity index (χ2n) is 4.76. The van der Waals surface area contributed by atoms with Crippen molar-refractivity contribution >= 4 is 21.8 Å². The molecule has 1 aliphatic heterocycles. The predicted octanol–water partition coefficient (Wildman–Crippen LogP) is 2.85. The highest BCUT2D eigenvalue weighted by Crippen LogP contribution is 2.34. The molecule has 1 fully saturated rings. The predicted molar refractivity (Wildman–Crippen MR) is 76.1 cm³/mol. The lowest BCUT2D eigenvalue weighted by molar-refractivity contribution is -0.137. The number of hydrogen-bond acceptors (Lipinski definition) is 2. The third kappa shape index (κ3) is 2.59. The number of benzene rings is 1. The van der Waals surface area contributed by atoms with Gasteiger partial charge in [-0.1, -0.05) is 41.1 Å². The minimum absolute atomic E-state index is 0.00164. The lowest BCUT2D eigenvalue weighted by atomic mass is 9.90. The van der Waals surface area contributed by atoms with E-state index in [1.54, 1.807) is 0 Å². The van der Waals surface area contributed by atoms with Gasteiger partial charge in [-0.05, 0) is 24.5 Å². The zero-order chi connectivity index (χ0) is 13.1. The molecule has 1 aliphatic rings. The number of nitrogens with two attached hydrogens (primary N) is 1. The van der Waals surface area contributed by atoms with Gasteiger partial charge in [0.1, 0.15) is 0 Å². The Balaban J connectivity index is 2.36. The van der Waals surface area contributed by atoms with Crippen molar-refractivity contribution in [2.24, 2.45) is 5.73 Å². The molecule has 0 aromatic heterocycles. The number of carbonyl (C=O) groups is 1. The Labute approximate surface area is 116 Å².